The first-order valence-electron chi connectivity index (χ1n) is 12.1. The molecule has 1 aliphatic rings. The molecule has 35 heavy (non-hydrogen) atoms. The SMILES string of the molecule is CCCC1(CCC(C)C)CN(c2cc3c(Nc4ccc(Br)cc4C)ncnc3cc2OC)C(=O)O1. The van der Waals surface area contributed by atoms with Crippen molar-refractivity contribution >= 4 is 50.1 Å². The lowest BCUT2D eigenvalue weighted by Crippen LogP contribution is -2.35. The second-order valence-electron chi connectivity index (χ2n) is 9.67. The lowest BCUT2D eigenvalue weighted by Gasteiger charge is -2.27. The average Bonchev–Trinajstić information content (AvgIpc) is 3.15. The second kappa shape index (κ2) is 10.4. The summed E-state index contributed by atoms with van der Waals surface area (Å²) in [6, 6.07) is 9.82. The summed E-state index contributed by atoms with van der Waals surface area (Å²) in [5, 5.41) is 4.23. The van der Waals surface area contributed by atoms with Crippen LogP contribution in [0.1, 0.15) is 52.0 Å². The summed E-state index contributed by atoms with van der Waals surface area (Å²) < 4.78 is 12.8. The third-order valence-corrected chi connectivity index (χ3v) is 7.01. The van der Waals surface area contributed by atoms with Crippen LogP contribution in [0.5, 0.6) is 5.75 Å². The molecule has 1 N–H and O–H groups in total. The zero-order valence-corrected chi connectivity index (χ0v) is 22.6. The molecule has 4 rings (SSSR count). The van der Waals surface area contributed by atoms with Crippen LogP contribution in [0, 0.1) is 12.8 Å². The summed E-state index contributed by atoms with van der Waals surface area (Å²) in [4.78, 5) is 23.8. The molecule has 186 valence electrons. The highest BCUT2D eigenvalue weighted by atomic mass is 79.9. The van der Waals surface area contributed by atoms with Gasteiger partial charge in [-0.3, -0.25) is 4.90 Å². The summed E-state index contributed by atoms with van der Waals surface area (Å²) in [6.07, 6.45) is 4.81. The zero-order chi connectivity index (χ0) is 25.2. The van der Waals surface area contributed by atoms with Crippen LogP contribution in [-0.4, -0.2) is 35.3 Å². The zero-order valence-electron chi connectivity index (χ0n) is 21.0. The van der Waals surface area contributed by atoms with Crippen LogP contribution in [0.15, 0.2) is 41.1 Å². The van der Waals surface area contributed by atoms with Gasteiger partial charge in [-0.25, -0.2) is 14.8 Å². The standard InChI is InChI=1S/C27H33BrN4O3/c1-6-10-27(11-9-17(2)3)15-32(26(33)35-27)23-13-20-22(14-24(23)34-5)29-16-30-25(20)31-21-8-7-19(28)12-18(21)4/h7-8,12-14,16-17H,6,9-11,15H2,1-5H3,(H,29,30,31). The van der Waals surface area contributed by atoms with E-state index in [4.69, 9.17) is 9.47 Å². The lowest BCUT2D eigenvalue weighted by atomic mass is 9.89. The Kier molecular flexibility index (Phi) is 7.50. The number of rotatable bonds is 9. The van der Waals surface area contributed by atoms with Crippen LogP contribution < -0.4 is 15.0 Å². The molecule has 1 amide bonds. The van der Waals surface area contributed by atoms with Gasteiger partial charge in [0, 0.05) is 21.6 Å². The average molecular weight is 541 g/mol. The first-order chi connectivity index (χ1) is 16.7. The molecule has 0 radical (unpaired) electrons. The number of benzene rings is 2. The quantitative estimate of drug-likeness (QED) is 0.305. The van der Waals surface area contributed by atoms with E-state index in [0.717, 1.165) is 52.3 Å². The number of nitrogens with one attached hydrogen (secondary N) is 1. The van der Waals surface area contributed by atoms with Gasteiger partial charge in [0.25, 0.3) is 0 Å². The number of hydrogen-bond donors (Lipinski definition) is 1. The largest absolute Gasteiger partial charge is 0.494 e. The Balaban J connectivity index is 1.74. The number of amides is 1. The molecule has 1 fully saturated rings. The second-order valence-corrected chi connectivity index (χ2v) is 10.6. The topological polar surface area (TPSA) is 76.6 Å². The predicted molar refractivity (Wildman–Crippen MR) is 144 cm³/mol. The fourth-order valence-corrected chi connectivity index (χ4v) is 5.12. The van der Waals surface area contributed by atoms with E-state index in [1.54, 1.807) is 12.0 Å². The molecule has 1 saturated heterocycles. The Morgan fingerprint density at radius 3 is 2.71 bits per heavy atom. The fraction of sp³-hybridized carbons (Fsp3) is 0.444. The molecule has 0 saturated carbocycles. The number of aryl methyl sites for hydroxylation is 1. The van der Waals surface area contributed by atoms with Gasteiger partial charge in [0.2, 0.25) is 0 Å². The molecule has 1 aromatic heterocycles. The van der Waals surface area contributed by atoms with Crippen molar-refractivity contribution < 1.29 is 14.3 Å². The maximum Gasteiger partial charge on any atom is 0.415 e. The number of aromatic nitrogens is 2. The van der Waals surface area contributed by atoms with Crippen LogP contribution in [-0.2, 0) is 4.74 Å². The van der Waals surface area contributed by atoms with Crippen LogP contribution >= 0.6 is 15.9 Å². The maximum atomic E-state index is 13.2. The number of carbonyl (C=O) groups is 1. The number of carbonyl (C=O) groups excluding carboxylic acids is 1. The van der Waals surface area contributed by atoms with E-state index in [1.807, 2.05) is 37.3 Å². The molecule has 7 nitrogen and oxygen atoms in total. The third-order valence-electron chi connectivity index (χ3n) is 6.52. The van der Waals surface area contributed by atoms with E-state index in [1.165, 1.54) is 6.33 Å². The van der Waals surface area contributed by atoms with Crippen molar-refractivity contribution in [3.05, 3.63) is 46.7 Å². The van der Waals surface area contributed by atoms with E-state index in [9.17, 15) is 4.79 Å². The minimum Gasteiger partial charge on any atom is -0.494 e. The molecule has 2 aromatic carbocycles. The Morgan fingerprint density at radius 2 is 2.03 bits per heavy atom. The lowest BCUT2D eigenvalue weighted by molar-refractivity contribution is 0.0374. The Hall–Kier alpha value is -2.87. The van der Waals surface area contributed by atoms with E-state index in [2.05, 4.69) is 52.0 Å². The van der Waals surface area contributed by atoms with Crippen molar-refractivity contribution in [1.29, 1.82) is 0 Å². The Labute approximate surface area is 215 Å². The van der Waals surface area contributed by atoms with Gasteiger partial charge in [-0.1, -0.05) is 43.1 Å². The molecule has 8 heteroatoms. The van der Waals surface area contributed by atoms with E-state index in [-0.39, 0.29) is 6.09 Å². The first-order valence-corrected chi connectivity index (χ1v) is 12.9. The smallest absolute Gasteiger partial charge is 0.415 e. The van der Waals surface area contributed by atoms with Gasteiger partial charge in [0.15, 0.2) is 0 Å². The highest BCUT2D eigenvalue weighted by Gasteiger charge is 2.45. The van der Waals surface area contributed by atoms with Gasteiger partial charge < -0.3 is 14.8 Å². The number of hydrogen-bond acceptors (Lipinski definition) is 6. The first kappa shape index (κ1) is 25.2. The third kappa shape index (κ3) is 5.37. The summed E-state index contributed by atoms with van der Waals surface area (Å²) in [7, 11) is 1.61. The molecular formula is C27H33BrN4O3. The number of methoxy groups -OCH3 is 1. The normalized spacial score (nSPS) is 17.8. The number of cyclic esters (lactones) is 1. The molecule has 3 aromatic rings. The fourth-order valence-electron chi connectivity index (χ4n) is 4.64. The van der Waals surface area contributed by atoms with Crippen molar-refractivity contribution in [2.24, 2.45) is 5.92 Å². The minimum absolute atomic E-state index is 0.338. The number of nitrogens with zero attached hydrogens (tertiary/aromatic N) is 3. The highest BCUT2D eigenvalue weighted by molar-refractivity contribution is 9.10. The number of ether oxygens (including phenoxy) is 2. The summed E-state index contributed by atoms with van der Waals surface area (Å²) in [5.41, 5.74) is 2.93. The summed E-state index contributed by atoms with van der Waals surface area (Å²) in [6.45, 7) is 9.06. The van der Waals surface area contributed by atoms with Gasteiger partial charge in [-0.15, -0.1) is 0 Å². The number of anilines is 3. The van der Waals surface area contributed by atoms with Crippen molar-refractivity contribution in [3.63, 3.8) is 0 Å². The van der Waals surface area contributed by atoms with Gasteiger partial charge in [-0.05, 0) is 61.9 Å². The molecule has 0 bridgehead atoms. The van der Waals surface area contributed by atoms with Crippen LogP contribution in [0.2, 0.25) is 0 Å². The van der Waals surface area contributed by atoms with Gasteiger partial charge in [0.1, 0.15) is 23.5 Å². The number of fused-ring (bicyclic) bond motifs is 1. The Bertz CT molecular complexity index is 1230. The van der Waals surface area contributed by atoms with Crippen molar-refractivity contribution in [2.45, 2.75) is 59.0 Å². The summed E-state index contributed by atoms with van der Waals surface area (Å²) >= 11 is 3.51. The van der Waals surface area contributed by atoms with E-state index < -0.39 is 5.60 Å². The molecule has 1 atom stereocenters. The molecule has 2 heterocycles. The summed E-state index contributed by atoms with van der Waals surface area (Å²) in [5.74, 6) is 1.78. The van der Waals surface area contributed by atoms with E-state index >= 15 is 0 Å². The van der Waals surface area contributed by atoms with E-state index in [0.29, 0.717) is 29.7 Å². The molecular weight excluding hydrogens is 508 g/mol. The van der Waals surface area contributed by atoms with Crippen molar-refractivity contribution in [3.8, 4) is 5.75 Å². The molecule has 1 aliphatic heterocycles. The monoisotopic (exact) mass is 540 g/mol. The number of halogens is 1. The Morgan fingerprint density at radius 1 is 1.23 bits per heavy atom. The van der Waals surface area contributed by atoms with Gasteiger partial charge in [0.05, 0.1) is 24.9 Å². The molecule has 0 spiro atoms. The van der Waals surface area contributed by atoms with Crippen LogP contribution in [0.3, 0.4) is 0 Å². The maximum absolute atomic E-state index is 13.2. The minimum atomic E-state index is -0.487. The molecule has 1 unspecified atom stereocenters. The highest BCUT2D eigenvalue weighted by Crippen LogP contribution is 2.41. The predicted octanol–water partition coefficient (Wildman–Crippen LogP) is 7.38. The molecule has 0 aliphatic carbocycles. The van der Waals surface area contributed by atoms with Gasteiger partial charge >= 0.3 is 6.09 Å². The van der Waals surface area contributed by atoms with Crippen molar-refractivity contribution in [1.82, 2.24) is 9.97 Å². The van der Waals surface area contributed by atoms with Gasteiger partial charge in [-0.2, -0.15) is 0 Å². The van der Waals surface area contributed by atoms with Crippen molar-refractivity contribution in [2.75, 3.05) is 23.9 Å². The van der Waals surface area contributed by atoms with Crippen LogP contribution in [0.25, 0.3) is 10.9 Å². The van der Waals surface area contributed by atoms with Crippen LogP contribution in [0.4, 0.5) is 22.0 Å².